The first-order valence-corrected chi connectivity index (χ1v) is 19.8. The van der Waals surface area contributed by atoms with E-state index in [0.717, 1.165) is 50.2 Å². The van der Waals surface area contributed by atoms with Crippen molar-refractivity contribution in [3.63, 3.8) is 0 Å². The van der Waals surface area contributed by atoms with E-state index in [9.17, 15) is 0 Å². The van der Waals surface area contributed by atoms with Gasteiger partial charge in [-0.05, 0) is 64.2 Å². The lowest BCUT2D eigenvalue weighted by Gasteiger charge is -2.24. The lowest BCUT2D eigenvalue weighted by molar-refractivity contribution is 0.674. The summed E-state index contributed by atoms with van der Waals surface area (Å²) in [5, 5.41) is 13.4. The van der Waals surface area contributed by atoms with Crippen LogP contribution in [0, 0.1) is 0 Å². The first-order valence-electron chi connectivity index (χ1n) is 19.8. The Morgan fingerprint density at radius 3 is 1.84 bits per heavy atom. The van der Waals surface area contributed by atoms with Gasteiger partial charge in [0, 0.05) is 43.7 Å². The lowest BCUT2D eigenvalue weighted by atomic mass is 10.0. The average molecular weight is 742 g/mol. The third kappa shape index (κ3) is 4.90. The molecule has 1 atom stereocenters. The number of para-hydroxylation sites is 2. The van der Waals surface area contributed by atoms with Crippen molar-refractivity contribution in [2.24, 2.45) is 9.98 Å². The minimum absolute atomic E-state index is 0.281. The van der Waals surface area contributed by atoms with Crippen molar-refractivity contribution < 1.29 is 0 Å². The molecule has 1 aliphatic rings. The van der Waals surface area contributed by atoms with E-state index in [4.69, 9.17) is 9.98 Å². The van der Waals surface area contributed by atoms with E-state index in [1.165, 1.54) is 48.9 Å². The highest BCUT2D eigenvalue weighted by Crippen LogP contribution is 2.45. The quantitative estimate of drug-likeness (QED) is 0.188. The van der Waals surface area contributed by atoms with Crippen molar-refractivity contribution in [1.29, 1.82) is 0 Å². The van der Waals surface area contributed by atoms with Gasteiger partial charge in [0.2, 0.25) is 0 Å². The van der Waals surface area contributed by atoms with Crippen molar-refractivity contribution in [3.05, 3.63) is 217 Å². The fourth-order valence-corrected chi connectivity index (χ4v) is 9.24. The van der Waals surface area contributed by atoms with Crippen molar-refractivity contribution in [2.45, 2.75) is 6.17 Å². The van der Waals surface area contributed by atoms with Crippen LogP contribution in [0.15, 0.2) is 210 Å². The van der Waals surface area contributed by atoms with E-state index in [1.54, 1.807) is 0 Å². The van der Waals surface area contributed by atoms with Gasteiger partial charge in [0.25, 0.3) is 0 Å². The Kier molecular flexibility index (Phi) is 7.23. The van der Waals surface area contributed by atoms with E-state index in [0.29, 0.717) is 5.84 Å². The zero-order valence-electron chi connectivity index (χ0n) is 31.4. The van der Waals surface area contributed by atoms with Crippen molar-refractivity contribution >= 4 is 76.8 Å². The summed E-state index contributed by atoms with van der Waals surface area (Å²) >= 11 is 0. The number of aliphatic imine (C=N–C) groups is 2. The predicted molar refractivity (Wildman–Crippen MR) is 242 cm³/mol. The molecule has 0 bridgehead atoms. The number of hydrogen-bond donors (Lipinski definition) is 1. The van der Waals surface area contributed by atoms with Crippen molar-refractivity contribution in [3.8, 4) is 11.4 Å². The van der Waals surface area contributed by atoms with Gasteiger partial charge in [-0.1, -0.05) is 158 Å². The highest BCUT2D eigenvalue weighted by atomic mass is 15.2. The lowest BCUT2D eigenvalue weighted by Crippen LogP contribution is -2.33. The predicted octanol–water partition coefficient (Wildman–Crippen LogP) is 12.7. The van der Waals surface area contributed by atoms with E-state index < -0.39 is 0 Å². The van der Waals surface area contributed by atoms with Gasteiger partial charge in [0.05, 0.1) is 27.8 Å². The highest BCUT2D eigenvalue weighted by molar-refractivity contribution is 6.33. The number of rotatable bonds is 5. The molecular formula is C53H35N5. The summed E-state index contributed by atoms with van der Waals surface area (Å²) < 4.78 is 4.89. The monoisotopic (exact) mass is 741 g/mol. The second kappa shape index (κ2) is 12.9. The molecule has 5 heteroatoms. The molecule has 0 saturated carbocycles. The molecule has 0 amide bonds. The SMILES string of the molecule is c1ccc(C2=NC(c3cccc4c(-n5c6ccccc6c6c7c8c9ccccc9ccc8n(-c8ccccc8)c7ccc65)cccc34)=NC(c3ccccc3)N2)cc1. The molecule has 1 N–H and O–H groups in total. The first-order chi connectivity index (χ1) is 28.8. The maximum Gasteiger partial charge on any atom is 0.160 e. The molecule has 11 aromatic rings. The molecule has 0 saturated heterocycles. The van der Waals surface area contributed by atoms with Gasteiger partial charge in [-0.3, -0.25) is 0 Å². The molecule has 272 valence electrons. The third-order valence-electron chi connectivity index (χ3n) is 11.8. The molecule has 3 heterocycles. The van der Waals surface area contributed by atoms with Crippen LogP contribution >= 0.6 is 0 Å². The molecule has 2 aromatic heterocycles. The van der Waals surface area contributed by atoms with Crippen LogP contribution in [0.4, 0.5) is 0 Å². The molecule has 0 fully saturated rings. The minimum atomic E-state index is -0.281. The Morgan fingerprint density at radius 2 is 1.02 bits per heavy atom. The number of nitrogens with one attached hydrogen (secondary N) is 1. The third-order valence-corrected chi connectivity index (χ3v) is 11.8. The van der Waals surface area contributed by atoms with Crippen LogP contribution < -0.4 is 5.32 Å². The molecule has 0 aliphatic carbocycles. The molecule has 1 aliphatic heterocycles. The topological polar surface area (TPSA) is 46.6 Å². The Balaban J connectivity index is 1.14. The second-order valence-corrected chi connectivity index (χ2v) is 15.0. The van der Waals surface area contributed by atoms with Crippen LogP contribution in [0.5, 0.6) is 0 Å². The maximum absolute atomic E-state index is 5.26. The standard InChI is InChI=1S/C53H35N5/c1-4-17-35(18-5-1)51-54-52(36-19-6-2-7-20-36)56-53(55-51)41-27-14-26-40-39(41)25-15-29-43(40)58-44-28-13-12-24-42(44)49-46(58)32-33-47-50(49)48-38-23-11-10-16-34(38)30-31-45(48)57(47)37-21-8-3-9-22-37/h1-33,51H,(H,54,55,56). The van der Waals surface area contributed by atoms with Gasteiger partial charge in [-0.15, -0.1) is 0 Å². The van der Waals surface area contributed by atoms with E-state index >= 15 is 0 Å². The largest absolute Gasteiger partial charge is 0.344 e. The fourth-order valence-electron chi connectivity index (χ4n) is 9.24. The summed E-state index contributed by atoms with van der Waals surface area (Å²) in [6.07, 6.45) is -0.281. The summed E-state index contributed by atoms with van der Waals surface area (Å²) in [6.45, 7) is 0. The second-order valence-electron chi connectivity index (χ2n) is 15.0. The summed E-state index contributed by atoms with van der Waals surface area (Å²) in [4.78, 5) is 10.5. The number of amidine groups is 2. The zero-order valence-corrected chi connectivity index (χ0v) is 31.4. The summed E-state index contributed by atoms with van der Waals surface area (Å²) in [7, 11) is 0. The molecular weight excluding hydrogens is 707 g/mol. The number of benzene rings is 9. The van der Waals surface area contributed by atoms with Gasteiger partial charge >= 0.3 is 0 Å². The number of fused-ring (bicyclic) bond motifs is 10. The van der Waals surface area contributed by atoms with Gasteiger partial charge in [0.1, 0.15) is 12.0 Å². The van der Waals surface area contributed by atoms with E-state index in [1.807, 2.05) is 24.3 Å². The number of aromatic nitrogens is 2. The molecule has 5 nitrogen and oxygen atoms in total. The van der Waals surface area contributed by atoms with Gasteiger partial charge < -0.3 is 14.5 Å². The molecule has 0 radical (unpaired) electrons. The Labute approximate surface area is 334 Å². The van der Waals surface area contributed by atoms with Crippen molar-refractivity contribution in [1.82, 2.24) is 14.5 Å². The van der Waals surface area contributed by atoms with Gasteiger partial charge in [-0.25, -0.2) is 9.98 Å². The van der Waals surface area contributed by atoms with Gasteiger partial charge in [-0.2, -0.15) is 0 Å². The average Bonchev–Trinajstić information content (AvgIpc) is 3.82. The zero-order chi connectivity index (χ0) is 38.2. The highest BCUT2D eigenvalue weighted by Gasteiger charge is 2.25. The minimum Gasteiger partial charge on any atom is -0.344 e. The summed E-state index contributed by atoms with van der Waals surface area (Å²) in [6, 6.07) is 71.5. The van der Waals surface area contributed by atoms with Gasteiger partial charge in [0.15, 0.2) is 5.84 Å². The normalized spacial score (nSPS) is 14.4. The molecule has 0 spiro atoms. The summed E-state index contributed by atoms with van der Waals surface area (Å²) in [5.41, 5.74) is 10.1. The van der Waals surface area contributed by atoms with Crippen LogP contribution in [-0.2, 0) is 0 Å². The Bertz CT molecular complexity index is 3470. The van der Waals surface area contributed by atoms with E-state index in [-0.39, 0.29) is 6.17 Å². The van der Waals surface area contributed by atoms with Crippen LogP contribution in [0.25, 0.3) is 76.5 Å². The smallest absolute Gasteiger partial charge is 0.160 e. The van der Waals surface area contributed by atoms with Crippen LogP contribution in [0.1, 0.15) is 22.9 Å². The maximum atomic E-state index is 5.26. The molecule has 9 aromatic carbocycles. The van der Waals surface area contributed by atoms with Crippen molar-refractivity contribution in [2.75, 3.05) is 0 Å². The molecule has 58 heavy (non-hydrogen) atoms. The Morgan fingerprint density at radius 1 is 0.414 bits per heavy atom. The van der Waals surface area contributed by atoms with Crippen LogP contribution in [0.2, 0.25) is 0 Å². The van der Waals surface area contributed by atoms with Crippen LogP contribution in [0.3, 0.4) is 0 Å². The molecule has 1 unspecified atom stereocenters. The van der Waals surface area contributed by atoms with Crippen LogP contribution in [-0.4, -0.2) is 20.8 Å². The first kappa shape index (κ1) is 32.5. The fraction of sp³-hybridized carbons (Fsp3) is 0.0189. The molecule has 12 rings (SSSR count). The Hall–Kier alpha value is -7.76. The summed E-state index contributed by atoms with van der Waals surface area (Å²) in [5.74, 6) is 1.51. The van der Waals surface area contributed by atoms with E-state index in [2.05, 4.69) is 190 Å². The number of hydrogen-bond acceptors (Lipinski definition) is 3. The number of nitrogens with zero attached hydrogens (tertiary/aromatic N) is 4.